The highest BCUT2D eigenvalue weighted by atomic mass is 79.9. The van der Waals surface area contributed by atoms with Gasteiger partial charge in [-0.3, -0.25) is 0 Å². The monoisotopic (exact) mass is 358 g/mol. The Morgan fingerprint density at radius 2 is 1.90 bits per heavy atom. The SMILES string of the molecule is CCOc1ccc(C(O)c2ccc(Cl)c(F)c2)cc1Br. The van der Waals surface area contributed by atoms with E-state index in [1.807, 2.05) is 6.92 Å². The van der Waals surface area contributed by atoms with Gasteiger partial charge in [-0.1, -0.05) is 23.7 Å². The second kappa shape index (κ2) is 6.57. The maximum atomic E-state index is 13.4. The van der Waals surface area contributed by atoms with Crippen LogP contribution in [0.1, 0.15) is 24.2 Å². The normalized spacial score (nSPS) is 12.2. The fourth-order valence-corrected chi connectivity index (χ4v) is 2.46. The first-order chi connectivity index (χ1) is 9.52. The molecule has 0 bridgehead atoms. The second-order valence-electron chi connectivity index (χ2n) is 4.20. The molecule has 2 nitrogen and oxygen atoms in total. The van der Waals surface area contributed by atoms with Gasteiger partial charge in [0, 0.05) is 0 Å². The standard InChI is InChI=1S/C15H13BrClFO2/c1-2-20-14-6-4-9(7-11(14)16)15(19)10-3-5-12(17)13(18)8-10/h3-8,15,19H,2H2,1H3. The number of aliphatic hydroxyl groups excluding tert-OH is 1. The maximum Gasteiger partial charge on any atom is 0.142 e. The van der Waals surface area contributed by atoms with Crippen molar-refractivity contribution in [1.29, 1.82) is 0 Å². The van der Waals surface area contributed by atoms with E-state index in [2.05, 4.69) is 15.9 Å². The van der Waals surface area contributed by atoms with E-state index in [1.165, 1.54) is 12.1 Å². The van der Waals surface area contributed by atoms with E-state index in [0.29, 0.717) is 23.5 Å². The van der Waals surface area contributed by atoms with Crippen molar-refractivity contribution in [2.75, 3.05) is 6.61 Å². The average Bonchev–Trinajstić information content (AvgIpc) is 2.43. The Morgan fingerprint density at radius 1 is 1.25 bits per heavy atom. The van der Waals surface area contributed by atoms with Crippen LogP contribution in [0.15, 0.2) is 40.9 Å². The quantitative estimate of drug-likeness (QED) is 0.856. The molecule has 0 heterocycles. The number of halogens is 3. The van der Waals surface area contributed by atoms with Crippen molar-refractivity contribution in [3.8, 4) is 5.75 Å². The third kappa shape index (κ3) is 3.32. The molecule has 0 amide bonds. The third-order valence-corrected chi connectivity index (χ3v) is 3.76. The number of ether oxygens (including phenoxy) is 1. The van der Waals surface area contributed by atoms with Crippen LogP contribution < -0.4 is 4.74 Å². The van der Waals surface area contributed by atoms with Crippen LogP contribution >= 0.6 is 27.5 Å². The molecular weight excluding hydrogens is 347 g/mol. The summed E-state index contributed by atoms with van der Waals surface area (Å²) in [7, 11) is 0. The molecule has 0 aliphatic carbocycles. The molecule has 0 radical (unpaired) electrons. The Bertz CT molecular complexity index is 619. The predicted octanol–water partition coefficient (Wildman–Crippen LogP) is 4.72. The van der Waals surface area contributed by atoms with E-state index in [9.17, 15) is 9.50 Å². The van der Waals surface area contributed by atoms with Crippen molar-refractivity contribution in [3.05, 3.63) is 62.8 Å². The molecule has 0 aromatic heterocycles. The van der Waals surface area contributed by atoms with E-state index in [4.69, 9.17) is 16.3 Å². The van der Waals surface area contributed by atoms with Crippen molar-refractivity contribution in [3.63, 3.8) is 0 Å². The number of rotatable bonds is 4. The second-order valence-corrected chi connectivity index (χ2v) is 5.46. The summed E-state index contributed by atoms with van der Waals surface area (Å²) < 4.78 is 19.6. The van der Waals surface area contributed by atoms with Gasteiger partial charge in [0.2, 0.25) is 0 Å². The summed E-state index contributed by atoms with van der Waals surface area (Å²) in [5.74, 6) is 0.152. The van der Waals surface area contributed by atoms with E-state index in [-0.39, 0.29) is 5.02 Å². The molecule has 0 saturated carbocycles. The summed E-state index contributed by atoms with van der Waals surface area (Å²) in [6, 6.07) is 9.52. The summed E-state index contributed by atoms with van der Waals surface area (Å²) in [6.07, 6.45) is -0.922. The van der Waals surface area contributed by atoms with Crippen molar-refractivity contribution < 1.29 is 14.2 Å². The molecule has 2 aromatic rings. The van der Waals surface area contributed by atoms with Gasteiger partial charge in [-0.15, -0.1) is 0 Å². The van der Waals surface area contributed by atoms with E-state index in [1.54, 1.807) is 24.3 Å². The lowest BCUT2D eigenvalue weighted by Gasteiger charge is -2.14. The maximum absolute atomic E-state index is 13.4. The minimum atomic E-state index is -0.922. The molecule has 1 atom stereocenters. The predicted molar refractivity (Wildman–Crippen MR) is 80.8 cm³/mol. The van der Waals surface area contributed by atoms with Crippen molar-refractivity contribution in [2.24, 2.45) is 0 Å². The van der Waals surface area contributed by atoms with Crippen LogP contribution in [-0.4, -0.2) is 11.7 Å². The molecule has 0 spiro atoms. The summed E-state index contributed by atoms with van der Waals surface area (Å²) in [5.41, 5.74) is 1.09. The average molecular weight is 360 g/mol. The first-order valence-corrected chi connectivity index (χ1v) is 7.25. The largest absolute Gasteiger partial charge is 0.493 e. The molecule has 2 aromatic carbocycles. The van der Waals surface area contributed by atoms with Crippen molar-refractivity contribution >= 4 is 27.5 Å². The van der Waals surface area contributed by atoms with Crippen molar-refractivity contribution in [2.45, 2.75) is 13.0 Å². The topological polar surface area (TPSA) is 29.5 Å². The van der Waals surface area contributed by atoms with Gasteiger partial charge in [0.05, 0.1) is 16.1 Å². The highest BCUT2D eigenvalue weighted by Crippen LogP contribution is 2.31. The zero-order chi connectivity index (χ0) is 14.7. The lowest BCUT2D eigenvalue weighted by molar-refractivity contribution is 0.219. The van der Waals surface area contributed by atoms with Crippen LogP contribution in [0, 0.1) is 5.82 Å². The molecule has 1 N–H and O–H groups in total. The molecule has 1 unspecified atom stereocenters. The van der Waals surface area contributed by atoms with Gasteiger partial charge in [-0.2, -0.15) is 0 Å². The lowest BCUT2D eigenvalue weighted by atomic mass is 10.0. The summed E-state index contributed by atoms with van der Waals surface area (Å²) in [5, 5.41) is 10.3. The minimum absolute atomic E-state index is 0.0359. The first-order valence-electron chi connectivity index (χ1n) is 6.08. The first kappa shape index (κ1) is 15.3. The zero-order valence-corrected chi connectivity index (χ0v) is 13.1. The van der Waals surface area contributed by atoms with E-state index < -0.39 is 11.9 Å². The minimum Gasteiger partial charge on any atom is -0.493 e. The van der Waals surface area contributed by atoms with Crippen molar-refractivity contribution in [1.82, 2.24) is 0 Å². The Kier molecular flexibility index (Phi) is 5.02. The number of hydrogen-bond acceptors (Lipinski definition) is 2. The van der Waals surface area contributed by atoms with Gasteiger partial charge in [0.1, 0.15) is 17.7 Å². The zero-order valence-electron chi connectivity index (χ0n) is 10.7. The molecule has 5 heteroatoms. The fraction of sp³-hybridized carbons (Fsp3) is 0.200. The number of benzene rings is 2. The van der Waals surface area contributed by atoms with E-state index >= 15 is 0 Å². The summed E-state index contributed by atoms with van der Waals surface area (Å²) >= 11 is 9.02. The highest BCUT2D eigenvalue weighted by molar-refractivity contribution is 9.10. The van der Waals surface area contributed by atoms with Gasteiger partial charge in [-0.05, 0) is 58.2 Å². The Morgan fingerprint density at radius 3 is 2.50 bits per heavy atom. The summed E-state index contributed by atoms with van der Waals surface area (Å²) in [6.45, 7) is 2.45. The van der Waals surface area contributed by atoms with Gasteiger partial charge in [0.25, 0.3) is 0 Å². The van der Waals surface area contributed by atoms with Crippen LogP contribution in [0.3, 0.4) is 0 Å². The molecule has 106 valence electrons. The van der Waals surface area contributed by atoms with Crippen LogP contribution in [0.4, 0.5) is 4.39 Å². The molecule has 0 fully saturated rings. The Hall–Kier alpha value is -1.10. The Balaban J connectivity index is 2.30. The highest BCUT2D eigenvalue weighted by Gasteiger charge is 2.14. The smallest absolute Gasteiger partial charge is 0.142 e. The van der Waals surface area contributed by atoms with Gasteiger partial charge in [-0.25, -0.2) is 4.39 Å². The van der Waals surface area contributed by atoms with Crippen LogP contribution in [0.25, 0.3) is 0 Å². The van der Waals surface area contributed by atoms with Gasteiger partial charge < -0.3 is 9.84 Å². The molecule has 0 saturated heterocycles. The van der Waals surface area contributed by atoms with Crippen LogP contribution in [0.5, 0.6) is 5.75 Å². The summed E-state index contributed by atoms with van der Waals surface area (Å²) in [4.78, 5) is 0. The van der Waals surface area contributed by atoms with Crippen LogP contribution in [-0.2, 0) is 0 Å². The van der Waals surface area contributed by atoms with Crippen LogP contribution in [0.2, 0.25) is 5.02 Å². The third-order valence-electron chi connectivity index (χ3n) is 2.83. The molecule has 0 aliphatic heterocycles. The lowest BCUT2D eigenvalue weighted by Crippen LogP contribution is -2.01. The molecular formula is C15H13BrClFO2. The number of hydrogen-bond donors (Lipinski definition) is 1. The van der Waals surface area contributed by atoms with E-state index in [0.717, 1.165) is 4.47 Å². The fourth-order valence-electron chi connectivity index (χ4n) is 1.83. The van der Waals surface area contributed by atoms with Gasteiger partial charge in [0.15, 0.2) is 0 Å². The molecule has 2 rings (SSSR count). The molecule has 0 aliphatic rings. The number of aliphatic hydroxyl groups is 1. The van der Waals surface area contributed by atoms with Gasteiger partial charge >= 0.3 is 0 Å². The molecule has 20 heavy (non-hydrogen) atoms. The Labute approximate surface area is 130 Å².